The number of benzene rings is 2. The average Bonchev–Trinajstić information content (AvgIpc) is 2.63. The molecule has 0 aliphatic carbocycles. The standard InChI is InChI=1S/C19H21F2NO4/c1-22(13-15-7-9-17(10-8-15)26-19(20)21)18(23)14-24-11-12-25-16-5-3-2-4-6-16/h2-10,19H,11-14H2,1H3. The highest BCUT2D eigenvalue weighted by molar-refractivity contribution is 5.77. The number of likely N-dealkylation sites (N-methyl/N-ethyl adjacent to an activating group) is 1. The van der Waals surface area contributed by atoms with Crippen molar-refractivity contribution < 1.29 is 27.8 Å². The molecule has 7 heteroatoms. The Hall–Kier alpha value is -2.67. The van der Waals surface area contributed by atoms with Gasteiger partial charge in [-0.25, -0.2) is 0 Å². The molecule has 2 rings (SSSR count). The van der Waals surface area contributed by atoms with Gasteiger partial charge in [0.05, 0.1) is 6.61 Å². The molecule has 2 aromatic carbocycles. The number of carbonyl (C=O) groups excluding carboxylic acids is 1. The highest BCUT2D eigenvalue weighted by Crippen LogP contribution is 2.15. The second kappa shape index (κ2) is 10.4. The lowest BCUT2D eigenvalue weighted by atomic mass is 10.2. The van der Waals surface area contributed by atoms with E-state index in [2.05, 4.69) is 4.74 Å². The second-order valence-electron chi connectivity index (χ2n) is 5.49. The molecule has 0 saturated heterocycles. The Morgan fingerprint density at radius 1 is 1.00 bits per heavy atom. The van der Waals surface area contributed by atoms with Gasteiger partial charge in [-0.2, -0.15) is 8.78 Å². The summed E-state index contributed by atoms with van der Waals surface area (Å²) < 4.78 is 39.3. The fraction of sp³-hybridized carbons (Fsp3) is 0.316. The molecule has 0 aliphatic rings. The quantitative estimate of drug-likeness (QED) is 0.606. The van der Waals surface area contributed by atoms with Crippen LogP contribution >= 0.6 is 0 Å². The summed E-state index contributed by atoms with van der Waals surface area (Å²) >= 11 is 0. The third-order valence-electron chi connectivity index (χ3n) is 3.46. The average molecular weight is 365 g/mol. The SMILES string of the molecule is CN(Cc1ccc(OC(F)F)cc1)C(=O)COCCOc1ccccc1. The molecule has 0 radical (unpaired) electrons. The molecule has 0 saturated carbocycles. The molecule has 0 atom stereocenters. The highest BCUT2D eigenvalue weighted by Gasteiger charge is 2.10. The van der Waals surface area contributed by atoms with Gasteiger partial charge in [-0.05, 0) is 29.8 Å². The molecule has 0 aromatic heterocycles. The van der Waals surface area contributed by atoms with E-state index in [4.69, 9.17) is 9.47 Å². The van der Waals surface area contributed by atoms with Crippen molar-refractivity contribution >= 4 is 5.91 Å². The normalized spacial score (nSPS) is 10.6. The number of rotatable bonds is 10. The van der Waals surface area contributed by atoms with Crippen LogP contribution in [-0.2, 0) is 16.1 Å². The van der Waals surface area contributed by atoms with Crippen molar-refractivity contribution in [3.05, 3.63) is 60.2 Å². The van der Waals surface area contributed by atoms with Crippen LogP contribution in [0.5, 0.6) is 11.5 Å². The number of halogens is 2. The number of hydrogen-bond acceptors (Lipinski definition) is 4. The number of nitrogens with zero attached hydrogens (tertiary/aromatic N) is 1. The third kappa shape index (κ3) is 7.06. The molecule has 0 heterocycles. The van der Waals surface area contributed by atoms with E-state index in [1.165, 1.54) is 17.0 Å². The first kappa shape index (κ1) is 19.7. The lowest BCUT2D eigenvalue weighted by Gasteiger charge is -2.17. The summed E-state index contributed by atoms with van der Waals surface area (Å²) in [6.45, 7) is -1.91. The Labute approximate surface area is 151 Å². The van der Waals surface area contributed by atoms with Crippen molar-refractivity contribution in [2.75, 3.05) is 26.9 Å². The maximum atomic E-state index is 12.1. The Bertz CT molecular complexity index is 665. The number of carbonyl (C=O) groups is 1. The molecule has 26 heavy (non-hydrogen) atoms. The van der Waals surface area contributed by atoms with Gasteiger partial charge >= 0.3 is 6.61 Å². The highest BCUT2D eigenvalue weighted by atomic mass is 19.3. The molecule has 0 aliphatic heterocycles. The van der Waals surface area contributed by atoms with Crippen molar-refractivity contribution in [3.63, 3.8) is 0 Å². The Morgan fingerprint density at radius 2 is 1.69 bits per heavy atom. The zero-order valence-corrected chi connectivity index (χ0v) is 14.4. The Balaban J connectivity index is 1.65. The number of ether oxygens (including phenoxy) is 3. The molecular formula is C19H21F2NO4. The molecule has 0 bridgehead atoms. The molecule has 5 nitrogen and oxygen atoms in total. The molecule has 0 fully saturated rings. The minimum Gasteiger partial charge on any atom is -0.491 e. The van der Waals surface area contributed by atoms with Gasteiger partial charge in [0.15, 0.2) is 0 Å². The van der Waals surface area contributed by atoms with E-state index >= 15 is 0 Å². The molecule has 0 unspecified atom stereocenters. The number of hydrogen-bond donors (Lipinski definition) is 0. The van der Waals surface area contributed by atoms with Gasteiger partial charge in [-0.1, -0.05) is 30.3 Å². The van der Waals surface area contributed by atoms with Crippen LogP contribution in [0.4, 0.5) is 8.78 Å². The summed E-state index contributed by atoms with van der Waals surface area (Å²) in [4.78, 5) is 13.5. The van der Waals surface area contributed by atoms with Crippen molar-refractivity contribution in [2.45, 2.75) is 13.2 Å². The van der Waals surface area contributed by atoms with Crippen molar-refractivity contribution in [2.24, 2.45) is 0 Å². The molecule has 140 valence electrons. The van der Waals surface area contributed by atoms with Gasteiger partial charge in [0, 0.05) is 13.6 Å². The first-order valence-corrected chi connectivity index (χ1v) is 8.08. The molecule has 1 amide bonds. The first-order valence-electron chi connectivity index (χ1n) is 8.08. The summed E-state index contributed by atoms with van der Waals surface area (Å²) in [6, 6.07) is 15.5. The summed E-state index contributed by atoms with van der Waals surface area (Å²) in [5, 5.41) is 0. The number of para-hydroxylation sites is 1. The predicted octanol–water partition coefficient (Wildman–Crippen LogP) is 3.34. The smallest absolute Gasteiger partial charge is 0.387 e. The van der Waals surface area contributed by atoms with Crippen LogP contribution in [0.1, 0.15) is 5.56 Å². The van der Waals surface area contributed by atoms with Gasteiger partial charge in [-0.3, -0.25) is 4.79 Å². The maximum absolute atomic E-state index is 12.1. The van der Waals surface area contributed by atoms with Gasteiger partial charge in [0.25, 0.3) is 0 Å². The van der Waals surface area contributed by atoms with Crippen LogP contribution in [0.3, 0.4) is 0 Å². The molecular weight excluding hydrogens is 344 g/mol. The van der Waals surface area contributed by atoms with Crippen LogP contribution in [0, 0.1) is 0 Å². The van der Waals surface area contributed by atoms with Crippen LogP contribution in [0.2, 0.25) is 0 Å². The van der Waals surface area contributed by atoms with Crippen LogP contribution in [-0.4, -0.2) is 44.3 Å². The van der Waals surface area contributed by atoms with E-state index in [1.807, 2.05) is 30.3 Å². The predicted molar refractivity (Wildman–Crippen MR) is 92.3 cm³/mol. The minimum atomic E-state index is -2.85. The largest absolute Gasteiger partial charge is 0.491 e. The number of alkyl halides is 2. The van der Waals surface area contributed by atoms with E-state index in [9.17, 15) is 13.6 Å². The van der Waals surface area contributed by atoms with Gasteiger partial charge in [0.1, 0.15) is 24.7 Å². The molecule has 0 N–H and O–H groups in total. The van der Waals surface area contributed by atoms with Crippen LogP contribution in [0.25, 0.3) is 0 Å². The number of amides is 1. The third-order valence-corrected chi connectivity index (χ3v) is 3.46. The van der Waals surface area contributed by atoms with Crippen molar-refractivity contribution in [1.29, 1.82) is 0 Å². The fourth-order valence-electron chi connectivity index (χ4n) is 2.14. The Kier molecular flexibility index (Phi) is 7.82. The van der Waals surface area contributed by atoms with E-state index in [0.29, 0.717) is 19.8 Å². The summed E-state index contributed by atoms with van der Waals surface area (Å²) in [7, 11) is 1.65. The maximum Gasteiger partial charge on any atom is 0.387 e. The summed E-state index contributed by atoms with van der Waals surface area (Å²) in [5.74, 6) is 0.649. The Morgan fingerprint density at radius 3 is 2.35 bits per heavy atom. The molecule has 0 spiro atoms. The lowest BCUT2D eigenvalue weighted by Crippen LogP contribution is -2.30. The van der Waals surface area contributed by atoms with Crippen LogP contribution < -0.4 is 9.47 Å². The van der Waals surface area contributed by atoms with Gasteiger partial charge in [-0.15, -0.1) is 0 Å². The van der Waals surface area contributed by atoms with Gasteiger partial charge in [0.2, 0.25) is 5.91 Å². The van der Waals surface area contributed by atoms with Gasteiger partial charge < -0.3 is 19.1 Å². The summed E-state index contributed by atoms with van der Waals surface area (Å²) in [5.41, 5.74) is 0.801. The van der Waals surface area contributed by atoms with E-state index in [1.54, 1.807) is 19.2 Å². The van der Waals surface area contributed by atoms with E-state index < -0.39 is 6.61 Å². The lowest BCUT2D eigenvalue weighted by molar-refractivity contribution is -0.135. The summed E-state index contributed by atoms with van der Waals surface area (Å²) in [6.07, 6.45) is 0. The molecule has 2 aromatic rings. The van der Waals surface area contributed by atoms with E-state index in [-0.39, 0.29) is 18.3 Å². The van der Waals surface area contributed by atoms with Crippen LogP contribution in [0.15, 0.2) is 54.6 Å². The zero-order valence-electron chi connectivity index (χ0n) is 14.4. The first-order chi connectivity index (χ1) is 12.5. The fourth-order valence-corrected chi connectivity index (χ4v) is 2.14. The zero-order chi connectivity index (χ0) is 18.8. The second-order valence-corrected chi connectivity index (χ2v) is 5.49. The monoisotopic (exact) mass is 365 g/mol. The van der Waals surface area contributed by atoms with Crippen molar-refractivity contribution in [1.82, 2.24) is 4.90 Å². The van der Waals surface area contributed by atoms with Crippen molar-refractivity contribution in [3.8, 4) is 11.5 Å². The minimum absolute atomic E-state index is 0.0543. The topological polar surface area (TPSA) is 48.0 Å². The van der Waals surface area contributed by atoms with E-state index in [0.717, 1.165) is 11.3 Å².